The number of methoxy groups -OCH3 is 1. The van der Waals surface area contributed by atoms with Crippen LogP contribution in [-0.4, -0.2) is 19.0 Å². The molecule has 0 heterocycles. The van der Waals surface area contributed by atoms with Gasteiger partial charge in [0.1, 0.15) is 0 Å². The number of rotatable bonds is 4. The molecule has 0 aromatic heterocycles. The molecule has 0 atom stereocenters. The van der Waals surface area contributed by atoms with E-state index in [2.05, 4.69) is 13.3 Å². The second-order valence-electron chi connectivity index (χ2n) is 1.63. The third-order valence-electron chi connectivity index (χ3n) is 0.913. The van der Waals surface area contributed by atoms with Crippen LogP contribution in [0, 0.1) is 0 Å². The van der Waals surface area contributed by atoms with Crippen LogP contribution in [0.3, 0.4) is 0 Å². The van der Waals surface area contributed by atoms with E-state index < -0.39 is 11.9 Å². The number of carbonyl (C=O) groups is 2. The zero-order chi connectivity index (χ0) is 8.69. The van der Waals surface area contributed by atoms with Gasteiger partial charge in [0.2, 0.25) is 0 Å². The van der Waals surface area contributed by atoms with Gasteiger partial charge in [-0.15, -0.1) is 0 Å². The van der Waals surface area contributed by atoms with E-state index in [1.54, 1.807) is 22.9 Å². The zero-order valence-electron chi connectivity index (χ0n) is 5.93. The van der Waals surface area contributed by atoms with Crippen molar-refractivity contribution >= 4 is 34.8 Å². The van der Waals surface area contributed by atoms with Crippen molar-refractivity contribution in [2.45, 2.75) is 12.8 Å². The lowest BCUT2D eigenvalue weighted by atomic mass is 10.3. The fraction of sp³-hybridized carbons (Fsp3) is 0.600. The van der Waals surface area contributed by atoms with Crippen LogP contribution in [0.2, 0.25) is 0 Å². The van der Waals surface area contributed by atoms with Crippen LogP contribution in [0.1, 0.15) is 12.8 Å². The summed E-state index contributed by atoms with van der Waals surface area (Å²) in [4.78, 5) is 25.4. The second kappa shape index (κ2) is 6.35. The fourth-order valence-corrected chi connectivity index (χ4v) is 0.646. The van der Waals surface area contributed by atoms with Crippen molar-refractivity contribution in [2.75, 3.05) is 7.11 Å². The van der Waals surface area contributed by atoms with Gasteiger partial charge in [-0.3, -0.25) is 9.59 Å². The van der Waals surface area contributed by atoms with Crippen molar-refractivity contribution in [1.82, 2.24) is 3.69 Å². The van der Waals surface area contributed by atoms with E-state index in [-0.39, 0.29) is 12.8 Å². The van der Waals surface area contributed by atoms with E-state index in [9.17, 15) is 9.59 Å². The van der Waals surface area contributed by atoms with E-state index in [1.807, 2.05) is 0 Å². The number of carbonyl (C=O) groups excluding carboxylic acids is 2. The van der Waals surface area contributed by atoms with Crippen LogP contribution < -0.4 is 3.69 Å². The highest BCUT2D eigenvalue weighted by molar-refractivity contribution is 14.1. The largest absolute Gasteiger partial charge is 0.469 e. The van der Waals surface area contributed by atoms with Gasteiger partial charge in [-0.1, -0.05) is 3.69 Å². The van der Waals surface area contributed by atoms with E-state index in [0.717, 1.165) is 0 Å². The first-order valence-electron chi connectivity index (χ1n) is 2.82. The molecule has 0 bridgehead atoms. The lowest BCUT2D eigenvalue weighted by Crippen LogP contribution is -2.12. The molecular weight excluding hydrogens is 265 g/mol. The number of halogens is 1. The van der Waals surface area contributed by atoms with Crippen molar-refractivity contribution in [1.29, 1.82) is 0 Å². The summed E-state index contributed by atoms with van der Waals surface area (Å²) < 4.78 is 6.49. The molecule has 0 saturated heterocycles. The lowest BCUT2D eigenvalue weighted by molar-refractivity contribution is -0.150. The van der Waals surface area contributed by atoms with Gasteiger partial charge in [0.05, 0.1) is 42.8 Å². The Morgan fingerprint density at radius 1 is 1.36 bits per heavy atom. The van der Waals surface area contributed by atoms with Crippen LogP contribution in [0.4, 0.5) is 0 Å². The molecule has 0 unspecified atom stereocenters. The van der Waals surface area contributed by atoms with Crippen molar-refractivity contribution in [3.63, 3.8) is 0 Å². The summed E-state index contributed by atoms with van der Waals surface area (Å²) >= 11 is 1.66. The molecule has 1 N–H and O–H groups in total. The first kappa shape index (κ1) is 10.6. The Bertz CT molecular complexity index is 149. The van der Waals surface area contributed by atoms with Crippen molar-refractivity contribution in [3.8, 4) is 0 Å². The van der Waals surface area contributed by atoms with Crippen LogP contribution in [0.5, 0.6) is 0 Å². The van der Waals surface area contributed by atoms with Crippen LogP contribution in [-0.2, 0) is 19.2 Å². The Balaban J connectivity index is 3.38. The molecule has 0 aromatic carbocycles. The minimum absolute atomic E-state index is 0.0304. The second-order valence-corrected chi connectivity index (χ2v) is 2.07. The maximum absolute atomic E-state index is 10.6. The summed E-state index contributed by atoms with van der Waals surface area (Å²) in [6.07, 6.45) is 0.0797. The normalized spacial score (nSPS) is 8.91. The molecule has 0 saturated carbocycles. The average Bonchev–Trinajstić information content (AvgIpc) is 2.01. The van der Waals surface area contributed by atoms with Gasteiger partial charge in [0, 0.05) is 0 Å². The molecule has 0 aliphatic carbocycles. The lowest BCUT2D eigenvalue weighted by Gasteiger charge is -1.98. The summed E-state index contributed by atoms with van der Waals surface area (Å²) in [5.74, 6) is -0.903. The van der Waals surface area contributed by atoms with Crippen LogP contribution in [0.25, 0.3) is 0 Å². The highest BCUT2D eigenvalue weighted by Crippen LogP contribution is 1.93. The Hall–Kier alpha value is -0.370. The maximum atomic E-state index is 10.6. The van der Waals surface area contributed by atoms with Gasteiger partial charge in [-0.2, -0.15) is 0 Å². The predicted molar refractivity (Wildman–Crippen MR) is 44.5 cm³/mol. The van der Waals surface area contributed by atoms with Crippen LogP contribution in [0.15, 0.2) is 0 Å². The minimum Gasteiger partial charge on any atom is -0.469 e. The zero-order valence-corrected chi connectivity index (χ0v) is 8.08. The van der Waals surface area contributed by atoms with Gasteiger partial charge in [-0.25, -0.2) is 0 Å². The minimum atomic E-state index is -0.482. The van der Waals surface area contributed by atoms with Crippen molar-refractivity contribution in [3.05, 3.63) is 0 Å². The van der Waals surface area contributed by atoms with E-state index in [0.29, 0.717) is 0 Å². The van der Waals surface area contributed by atoms with Gasteiger partial charge >= 0.3 is 11.9 Å². The fourth-order valence-electron chi connectivity index (χ4n) is 0.400. The summed E-state index contributed by atoms with van der Waals surface area (Å²) in [5.41, 5.74) is 0. The molecule has 11 heavy (non-hydrogen) atoms. The average molecular weight is 273 g/mol. The van der Waals surface area contributed by atoms with E-state index >= 15 is 0 Å². The molecule has 0 rings (SSSR count). The number of esters is 1. The highest BCUT2D eigenvalue weighted by atomic mass is 127. The summed E-state index contributed by atoms with van der Waals surface area (Å²) in [5, 5.41) is 0. The molecular formula is C5H8INO4. The van der Waals surface area contributed by atoms with Crippen LogP contribution >= 0.6 is 22.9 Å². The Labute approximate surface area is 77.9 Å². The maximum Gasteiger partial charge on any atom is 0.326 e. The van der Waals surface area contributed by atoms with E-state index in [4.69, 9.17) is 0 Å². The monoisotopic (exact) mass is 273 g/mol. The molecule has 0 amide bonds. The number of nitrogens with one attached hydrogen (secondary N) is 1. The van der Waals surface area contributed by atoms with Crippen molar-refractivity contribution < 1.29 is 19.2 Å². The first-order chi connectivity index (χ1) is 5.20. The molecule has 0 radical (unpaired) electrons. The first-order valence-corrected chi connectivity index (χ1v) is 3.90. The quantitative estimate of drug-likeness (QED) is 0.346. The molecule has 0 aromatic rings. The topological polar surface area (TPSA) is 64.6 Å². The van der Waals surface area contributed by atoms with Gasteiger partial charge in [0.15, 0.2) is 0 Å². The molecule has 5 nitrogen and oxygen atoms in total. The molecule has 0 aliphatic rings. The molecule has 0 aliphatic heterocycles. The molecule has 64 valence electrons. The Morgan fingerprint density at radius 2 is 1.91 bits per heavy atom. The van der Waals surface area contributed by atoms with E-state index in [1.165, 1.54) is 7.11 Å². The Morgan fingerprint density at radius 3 is 2.36 bits per heavy atom. The smallest absolute Gasteiger partial charge is 0.326 e. The van der Waals surface area contributed by atoms with Gasteiger partial charge in [-0.05, 0) is 0 Å². The number of hydrogen-bond acceptors (Lipinski definition) is 5. The summed E-state index contributed by atoms with van der Waals surface area (Å²) in [7, 11) is 1.27. The summed E-state index contributed by atoms with van der Waals surface area (Å²) in [6.45, 7) is 0. The Kier molecular flexibility index (Phi) is 6.13. The van der Waals surface area contributed by atoms with Gasteiger partial charge in [0.25, 0.3) is 0 Å². The molecule has 0 fully saturated rings. The number of ether oxygens (including phenoxy) is 1. The highest BCUT2D eigenvalue weighted by Gasteiger charge is 2.06. The summed E-state index contributed by atoms with van der Waals surface area (Å²) in [6, 6.07) is 0. The SMILES string of the molecule is COC(=O)CCC(=O)ONI. The predicted octanol–water partition coefficient (Wildman–Crippen LogP) is 0.337. The third-order valence-corrected chi connectivity index (χ3v) is 1.13. The standard InChI is InChI=1S/C5H8INO4/c1-10-4(8)2-3-5(9)11-7-6/h7H,2-3H2,1H3. The van der Waals surface area contributed by atoms with Gasteiger partial charge < -0.3 is 9.57 Å². The third kappa shape index (κ3) is 6.05. The molecule has 6 heteroatoms. The van der Waals surface area contributed by atoms with Crippen molar-refractivity contribution in [2.24, 2.45) is 0 Å². The number of hydrogen-bond donors (Lipinski definition) is 1. The molecule has 0 spiro atoms.